The molecule has 1 fully saturated rings. The van der Waals surface area contributed by atoms with Gasteiger partial charge in [-0.25, -0.2) is 15.0 Å². The molecule has 0 unspecified atom stereocenters. The van der Waals surface area contributed by atoms with Crippen LogP contribution in [0.1, 0.15) is 6.23 Å². The average molecular weight is 293 g/mol. The van der Waals surface area contributed by atoms with Gasteiger partial charge in [-0.3, -0.25) is 4.57 Å². The zero-order valence-corrected chi connectivity index (χ0v) is 11.1. The molecule has 9 nitrogen and oxygen atoms in total. The van der Waals surface area contributed by atoms with E-state index in [1.54, 1.807) is 10.8 Å². The Balaban J connectivity index is 1.80. The van der Waals surface area contributed by atoms with Crippen LogP contribution in [0.5, 0.6) is 0 Å². The number of aliphatic imine (C=N–C) groups is 1. The number of hydrogen-bond acceptors (Lipinski definition) is 8. The molecule has 0 aromatic carbocycles. The zero-order chi connectivity index (χ0) is 14.6. The molecule has 112 valence electrons. The van der Waals surface area contributed by atoms with Crippen molar-refractivity contribution in [2.75, 3.05) is 19.8 Å². The molecule has 0 spiro atoms. The van der Waals surface area contributed by atoms with Crippen molar-refractivity contribution in [3.8, 4) is 0 Å². The minimum Gasteiger partial charge on any atom is -0.394 e. The molecule has 0 radical (unpaired) electrons. The number of rotatable bonds is 2. The van der Waals surface area contributed by atoms with Crippen molar-refractivity contribution in [1.82, 2.24) is 14.5 Å². The lowest BCUT2D eigenvalue weighted by Crippen LogP contribution is -2.43. The lowest BCUT2D eigenvalue weighted by molar-refractivity contribution is -0.0546. The molecule has 4 rings (SSSR count). The van der Waals surface area contributed by atoms with E-state index in [1.807, 2.05) is 4.90 Å². The molecule has 0 amide bonds. The van der Waals surface area contributed by atoms with Gasteiger partial charge in [-0.05, 0) is 0 Å². The lowest BCUT2D eigenvalue weighted by atomic mass is 10.1. The van der Waals surface area contributed by atoms with Gasteiger partial charge in [0.15, 0.2) is 17.5 Å². The maximum atomic E-state index is 10.1. The summed E-state index contributed by atoms with van der Waals surface area (Å²) in [6.07, 6.45) is -0.624. The van der Waals surface area contributed by atoms with Crippen molar-refractivity contribution < 1.29 is 20.1 Å². The van der Waals surface area contributed by atoms with E-state index in [0.29, 0.717) is 24.1 Å². The first-order chi connectivity index (χ1) is 10.2. The largest absolute Gasteiger partial charge is 0.394 e. The predicted molar refractivity (Wildman–Crippen MR) is 69.5 cm³/mol. The third-order valence-corrected chi connectivity index (χ3v) is 3.98. The highest BCUT2D eigenvalue weighted by atomic mass is 16.6. The fourth-order valence-corrected chi connectivity index (χ4v) is 2.85. The molecule has 1 aromatic rings. The molecular formula is C12H15N5O4. The summed E-state index contributed by atoms with van der Waals surface area (Å²) in [5.41, 5.74) is 0.565. The van der Waals surface area contributed by atoms with Crippen LogP contribution >= 0.6 is 0 Å². The summed E-state index contributed by atoms with van der Waals surface area (Å²) in [5, 5.41) is 29.7. The van der Waals surface area contributed by atoms with E-state index in [9.17, 15) is 10.2 Å². The van der Waals surface area contributed by atoms with Gasteiger partial charge in [-0.2, -0.15) is 0 Å². The first-order valence-corrected chi connectivity index (χ1v) is 6.72. The summed E-state index contributed by atoms with van der Waals surface area (Å²) in [7, 11) is 0. The molecule has 3 N–H and O–H groups in total. The Kier molecular flexibility index (Phi) is 2.82. The van der Waals surface area contributed by atoms with E-state index in [4.69, 9.17) is 9.84 Å². The Labute approximate surface area is 119 Å². The van der Waals surface area contributed by atoms with Crippen LogP contribution in [0.15, 0.2) is 16.3 Å². The quantitative estimate of drug-likeness (QED) is 0.522. The summed E-state index contributed by atoms with van der Waals surface area (Å²) >= 11 is 0. The van der Waals surface area contributed by atoms with Crippen molar-refractivity contribution in [3.63, 3.8) is 0 Å². The van der Waals surface area contributed by atoms with Gasteiger partial charge in [0.1, 0.15) is 30.3 Å². The molecule has 4 atom stereocenters. The summed E-state index contributed by atoms with van der Waals surface area (Å²) in [6.45, 7) is 0.806. The van der Waals surface area contributed by atoms with E-state index in [-0.39, 0.29) is 6.61 Å². The number of ether oxygens (including phenoxy) is 1. The van der Waals surface area contributed by atoms with Crippen LogP contribution in [-0.2, 0) is 4.74 Å². The van der Waals surface area contributed by atoms with Crippen LogP contribution in [0.3, 0.4) is 0 Å². The highest BCUT2D eigenvalue weighted by Crippen LogP contribution is 2.27. The second kappa shape index (κ2) is 4.60. The number of aromatic nitrogens is 2. The Morgan fingerprint density at radius 3 is 2.95 bits per heavy atom. The van der Waals surface area contributed by atoms with Crippen molar-refractivity contribution in [1.29, 1.82) is 0 Å². The van der Waals surface area contributed by atoms with Crippen LogP contribution in [0.25, 0.3) is 5.82 Å². The fourth-order valence-electron chi connectivity index (χ4n) is 2.85. The molecule has 3 aliphatic rings. The van der Waals surface area contributed by atoms with Gasteiger partial charge in [0.25, 0.3) is 0 Å². The summed E-state index contributed by atoms with van der Waals surface area (Å²) < 4.78 is 7.09. The topological polar surface area (TPSA) is 116 Å². The van der Waals surface area contributed by atoms with Gasteiger partial charge in [0, 0.05) is 6.21 Å². The first-order valence-electron chi connectivity index (χ1n) is 6.72. The van der Waals surface area contributed by atoms with E-state index in [0.717, 1.165) is 5.82 Å². The Bertz CT molecular complexity index is 714. The lowest BCUT2D eigenvalue weighted by Gasteiger charge is -2.19. The SMILES string of the molecule is OC[C@H]1O[C@@H](n2cnc3c2=NCN2CC=NC=32)[C@H](O)[C@@H]1O. The number of aliphatic hydroxyl groups is 3. The molecule has 3 aliphatic heterocycles. The molecule has 0 bridgehead atoms. The highest BCUT2D eigenvalue weighted by Gasteiger charge is 2.44. The second-order valence-corrected chi connectivity index (χ2v) is 5.21. The normalized spacial score (nSPS) is 34.0. The van der Waals surface area contributed by atoms with E-state index in [1.165, 1.54) is 6.33 Å². The molecule has 0 aliphatic carbocycles. The number of aliphatic hydroxyl groups excluding tert-OH is 3. The number of fused-ring (bicyclic) bond motifs is 2. The van der Waals surface area contributed by atoms with Gasteiger partial charge in [0.2, 0.25) is 0 Å². The van der Waals surface area contributed by atoms with Crippen LogP contribution < -0.4 is 10.8 Å². The smallest absolute Gasteiger partial charge is 0.165 e. The first kappa shape index (κ1) is 12.9. The van der Waals surface area contributed by atoms with Crippen LogP contribution in [0.2, 0.25) is 0 Å². The third-order valence-electron chi connectivity index (χ3n) is 3.98. The fraction of sp³-hybridized carbons (Fsp3) is 0.583. The standard InChI is InChI=1S/C12H15N5O4/c18-3-6-8(19)9(20)12(21-6)17-5-14-7-10-13-1-2-16(10)4-15-11(7)17/h1,5-6,8-9,12,18-20H,2-4H2/t6-,8-,9-,12-/m1/s1. The Morgan fingerprint density at radius 2 is 2.19 bits per heavy atom. The highest BCUT2D eigenvalue weighted by molar-refractivity contribution is 5.72. The minimum atomic E-state index is -1.15. The number of imidazole rings is 1. The van der Waals surface area contributed by atoms with E-state index < -0.39 is 24.5 Å². The Morgan fingerprint density at radius 1 is 1.33 bits per heavy atom. The van der Waals surface area contributed by atoms with Gasteiger partial charge in [-0.15, -0.1) is 0 Å². The monoisotopic (exact) mass is 293 g/mol. The van der Waals surface area contributed by atoms with Crippen LogP contribution in [0, 0.1) is 0 Å². The number of nitrogens with zero attached hydrogens (tertiary/aromatic N) is 5. The molecule has 9 heteroatoms. The molecule has 4 heterocycles. The van der Waals surface area contributed by atoms with Crippen molar-refractivity contribution in [2.24, 2.45) is 9.98 Å². The van der Waals surface area contributed by atoms with Crippen molar-refractivity contribution in [3.05, 3.63) is 17.2 Å². The van der Waals surface area contributed by atoms with Gasteiger partial charge in [0.05, 0.1) is 19.5 Å². The number of hydrogen-bond donors (Lipinski definition) is 3. The van der Waals surface area contributed by atoms with E-state index >= 15 is 0 Å². The van der Waals surface area contributed by atoms with Gasteiger partial charge < -0.3 is 25.0 Å². The molecule has 1 aromatic heterocycles. The predicted octanol–water partition coefficient (Wildman–Crippen LogP) is -3.46. The molecule has 0 saturated carbocycles. The zero-order valence-electron chi connectivity index (χ0n) is 11.1. The molecule has 21 heavy (non-hydrogen) atoms. The summed E-state index contributed by atoms with van der Waals surface area (Å²) in [6, 6.07) is 0. The average Bonchev–Trinajstić information content (AvgIpc) is 3.17. The summed E-state index contributed by atoms with van der Waals surface area (Å²) in [5.74, 6) is 0.755. The summed E-state index contributed by atoms with van der Waals surface area (Å²) in [4.78, 5) is 15.0. The van der Waals surface area contributed by atoms with Crippen molar-refractivity contribution in [2.45, 2.75) is 24.5 Å². The maximum Gasteiger partial charge on any atom is 0.165 e. The van der Waals surface area contributed by atoms with E-state index in [2.05, 4.69) is 15.0 Å². The van der Waals surface area contributed by atoms with Gasteiger partial charge in [-0.1, -0.05) is 0 Å². The van der Waals surface area contributed by atoms with Gasteiger partial charge >= 0.3 is 0 Å². The molecular weight excluding hydrogens is 278 g/mol. The van der Waals surface area contributed by atoms with Crippen molar-refractivity contribution >= 4 is 12.0 Å². The molecule has 1 saturated heterocycles. The van der Waals surface area contributed by atoms with Crippen LogP contribution in [-0.4, -0.2) is 74.1 Å². The maximum absolute atomic E-state index is 10.1. The second-order valence-electron chi connectivity index (χ2n) is 5.21. The Hall–Kier alpha value is -1.81. The van der Waals surface area contributed by atoms with Crippen LogP contribution in [0.4, 0.5) is 0 Å². The third kappa shape index (κ3) is 1.75. The minimum absolute atomic E-state index is 0.363.